The summed E-state index contributed by atoms with van der Waals surface area (Å²) < 4.78 is 4.65. The summed E-state index contributed by atoms with van der Waals surface area (Å²) in [5.74, 6) is 1.000. The van der Waals surface area contributed by atoms with Crippen LogP contribution in [0.5, 0.6) is 0 Å². The van der Waals surface area contributed by atoms with Crippen LogP contribution in [-0.4, -0.2) is 43.4 Å². The normalized spacial score (nSPS) is 18.1. The molecule has 0 spiro atoms. The number of hydrogen-bond acceptors (Lipinski definition) is 5. The van der Waals surface area contributed by atoms with Gasteiger partial charge in [0.1, 0.15) is 5.82 Å². The number of nitrogens with one attached hydrogen (secondary N) is 2. The molecule has 2 heterocycles. The molecule has 0 bridgehead atoms. The lowest BCUT2D eigenvalue weighted by Crippen LogP contribution is -2.37. The van der Waals surface area contributed by atoms with E-state index in [1.165, 1.54) is 12.7 Å². The highest BCUT2D eigenvalue weighted by Crippen LogP contribution is 2.22. The van der Waals surface area contributed by atoms with Crippen LogP contribution in [0, 0.1) is 0 Å². The number of alkyl carbamates (subject to hydrolysis) is 1. The first-order chi connectivity index (χ1) is 10.1. The van der Waals surface area contributed by atoms with E-state index < -0.39 is 0 Å². The van der Waals surface area contributed by atoms with Crippen molar-refractivity contribution in [3.8, 4) is 0 Å². The second-order valence-corrected chi connectivity index (χ2v) is 5.59. The van der Waals surface area contributed by atoms with Gasteiger partial charge in [0.25, 0.3) is 0 Å². The Kier molecular flexibility index (Phi) is 5.38. The van der Waals surface area contributed by atoms with Crippen molar-refractivity contribution in [2.75, 3.05) is 25.1 Å². The molecule has 2 rings (SSSR count). The Balaban J connectivity index is 2.00. The van der Waals surface area contributed by atoms with Crippen LogP contribution in [0.3, 0.4) is 0 Å². The number of hydrogen-bond donors (Lipinski definition) is 2. The Labute approximate surface area is 125 Å². The number of carbonyl (C=O) groups excluding carboxylic acids is 1. The van der Waals surface area contributed by atoms with Gasteiger partial charge in [-0.15, -0.1) is 0 Å². The van der Waals surface area contributed by atoms with Crippen LogP contribution in [0.25, 0.3) is 0 Å². The number of nitrogens with zero attached hydrogens (tertiary/aromatic N) is 2. The van der Waals surface area contributed by atoms with Crippen molar-refractivity contribution in [2.45, 2.75) is 38.9 Å². The van der Waals surface area contributed by atoms with Gasteiger partial charge in [-0.3, -0.25) is 0 Å². The predicted octanol–water partition coefficient (Wildman–Crippen LogP) is 1.51. The number of anilines is 1. The van der Waals surface area contributed by atoms with Crippen LogP contribution >= 0.6 is 0 Å². The second kappa shape index (κ2) is 7.26. The summed E-state index contributed by atoms with van der Waals surface area (Å²) in [6, 6.07) is 4.61. The minimum Gasteiger partial charge on any atom is -0.453 e. The summed E-state index contributed by atoms with van der Waals surface area (Å²) in [6.07, 6.45) is 2.35. The summed E-state index contributed by atoms with van der Waals surface area (Å²) >= 11 is 0. The average molecular weight is 292 g/mol. The van der Waals surface area contributed by atoms with E-state index in [9.17, 15) is 4.79 Å². The first kappa shape index (κ1) is 15.6. The van der Waals surface area contributed by atoms with E-state index in [2.05, 4.69) is 45.2 Å². The summed E-state index contributed by atoms with van der Waals surface area (Å²) in [7, 11) is 1.39. The maximum absolute atomic E-state index is 11.3. The first-order valence-electron chi connectivity index (χ1n) is 7.37. The van der Waals surface area contributed by atoms with Crippen molar-refractivity contribution >= 4 is 11.9 Å². The summed E-state index contributed by atoms with van der Waals surface area (Å²) in [4.78, 5) is 18.0. The monoisotopic (exact) mass is 292 g/mol. The fourth-order valence-electron chi connectivity index (χ4n) is 2.46. The Bertz CT molecular complexity index is 478. The molecule has 1 saturated heterocycles. The van der Waals surface area contributed by atoms with E-state index in [4.69, 9.17) is 0 Å². The van der Waals surface area contributed by atoms with Crippen LogP contribution in [0.15, 0.2) is 18.3 Å². The quantitative estimate of drug-likeness (QED) is 0.861. The molecule has 1 aliphatic heterocycles. The van der Waals surface area contributed by atoms with E-state index in [0.29, 0.717) is 6.04 Å². The van der Waals surface area contributed by atoms with Gasteiger partial charge >= 0.3 is 6.09 Å². The molecule has 1 unspecified atom stereocenters. The largest absolute Gasteiger partial charge is 0.453 e. The van der Waals surface area contributed by atoms with Gasteiger partial charge in [-0.05, 0) is 12.5 Å². The van der Waals surface area contributed by atoms with E-state index in [1.54, 1.807) is 0 Å². The SMILES string of the molecule is COC(=O)NC1CCN(c2ncccc2CNC(C)C)C1. The van der Waals surface area contributed by atoms with Crippen molar-refractivity contribution in [1.29, 1.82) is 0 Å². The third-order valence-corrected chi connectivity index (χ3v) is 3.56. The van der Waals surface area contributed by atoms with E-state index in [-0.39, 0.29) is 12.1 Å². The highest BCUT2D eigenvalue weighted by molar-refractivity contribution is 5.67. The zero-order valence-corrected chi connectivity index (χ0v) is 12.9. The molecule has 6 nitrogen and oxygen atoms in total. The van der Waals surface area contributed by atoms with Crippen LogP contribution < -0.4 is 15.5 Å². The van der Waals surface area contributed by atoms with Crippen LogP contribution in [-0.2, 0) is 11.3 Å². The molecule has 0 aromatic carbocycles. The summed E-state index contributed by atoms with van der Waals surface area (Å²) in [5.41, 5.74) is 1.19. The predicted molar refractivity (Wildman–Crippen MR) is 82.4 cm³/mol. The zero-order chi connectivity index (χ0) is 15.2. The average Bonchev–Trinajstić information content (AvgIpc) is 2.93. The topological polar surface area (TPSA) is 66.5 Å². The lowest BCUT2D eigenvalue weighted by molar-refractivity contribution is 0.167. The molecule has 6 heteroatoms. The minimum absolute atomic E-state index is 0.116. The van der Waals surface area contributed by atoms with Gasteiger partial charge in [0.2, 0.25) is 0 Å². The molecule has 116 valence electrons. The molecule has 1 aliphatic rings. The van der Waals surface area contributed by atoms with Gasteiger partial charge in [-0.2, -0.15) is 0 Å². The van der Waals surface area contributed by atoms with Gasteiger partial charge in [0.05, 0.1) is 13.2 Å². The van der Waals surface area contributed by atoms with E-state index >= 15 is 0 Å². The summed E-state index contributed by atoms with van der Waals surface area (Å²) in [6.45, 7) is 6.71. The minimum atomic E-state index is -0.371. The Morgan fingerprint density at radius 2 is 2.38 bits per heavy atom. The van der Waals surface area contributed by atoms with Crippen molar-refractivity contribution in [2.24, 2.45) is 0 Å². The Morgan fingerprint density at radius 1 is 1.57 bits per heavy atom. The number of amides is 1. The van der Waals surface area contributed by atoms with Crippen LogP contribution in [0.2, 0.25) is 0 Å². The number of methoxy groups -OCH3 is 1. The third kappa shape index (κ3) is 4.32. The molecule has 1 amide bonds. The molecule has 1 atom stereocenters. The maximum Gasteiger partial charge on any atom is 0.407 e. The molecule has 2 N–H and O–H groups in total. The molecule has 1 fully saturated rings. The van der Waals surface area contributed by atoms with E-state index in [0.717, 1.165) is 31.9 Å². The van der Waals surface area contributed by atoms with Gasteiger partial charge in [-0.25, -0.2) is 9.78 Å². The number of pyridine rings is 1. The Morgan fingerprint density at radius 3 is 3.10 bits per heavy atom. The first-order valence-corrected chi connectivity index (χ1v) is 7.37. The van der Waals surface area contributed by atoms with E-state index in [1.807, 2.05) is 12.3 Å². The molecular weight excluding hydrogens is 268 g/mol. The van der Waals surface area contributed by atoms with Crippen LogP contribution in [0.1, 0.15) is 25.8 Å². The molecular formula is C15H24N4O2. The summed E-state index contributed by atoms with van der Waals surface area (Å²) in [5, 5.41) is 6.27. The molecule has 1 aromatic heterocycles. The van der Waals surface area contributed by atoms with Crippen molar-refractivity contribution in [3.05, 3.63) is 23.9 Å². The molecule has 0 radical (unpaired) electrons. The highest BCUT2D eigenvalue weighted by Gasteiger charge is 2.26. The molecule has 1 aromatic rings. The van der Waals surface area contributed by atoms with Crippen molar-refractivity contribution < 1.29 is 9.53 Å². The zero-order valence-electron chi connectivity index (χ0n) is 12.9. The van der Waals surface area contributed by atoms with Crippen molar-refractivity contribution in [3.63, 3.8) is 0 Å². The van der Waals surface area contributed by atoms with Crippen molar-refractivity contribution in [1.82, 2.24) is 15.6 Å². The molecule has 21 heavy (non-hydrogen) atoms. The van der Waals surface area contributed by atoms with Crippen LogP contribution in [0.4, 0.5) is 10.6 Å². The Hall–Kier alpha value is -1.82. The number of rotatable bonds is 5. The fourth-order valence-corrected chi connectivity index (χ4v) is 2.46. The fraction of sp³-hybridized carbons (Fsp3) is 0.600. The molecule has 0 aliphatic carbocycles. The highest BCUT2D eigenvalue weighted by atomic mass is 16.5. The molecule has 0 saturated carbocycles. The van der Waals surface area contributed by atoms with Gasteiger partial charge in [0, 0.05) is 37.4 Å². The second-order valence-electron chi connectivity index (χ2n) is 5.59. The number of ether oxygens (including phenoxy) is 1. The smallest absolute Gasteiger partial charge is 0.407 e. The van der Waals surface area contributed by atoms with Gasteiger partial charge in [0.15, 0.2) is 0 Å². The standard InChI is InChI=1S/C15H24N4O2/c1-11(2)17-9-12-5-4-7-16-14(12)19-8-6-13(10-19)18-15(20)21-3/h4-5,7,11,13,17H,6,8-10H2,1-3H3,(H,18,20). The number of carbonyl (C=O) groups is 1. The van der Waals surface area contributed by atoms with Gasteiger partial charge < -0.3 is 20.3 Å². The lowest BCUT2D eigenvalue weighted by Gasteiger charge is -2.21. The number of aromatic nitrogens is 1. The lowest BCUT2D eigenvalue weighted by atomic mass is 10.2. The maximum atomic E-state index is 11.3. The third-order valence-electron chi connectivity index (χ3n) is 3.56. The van der Waals surface area contributed by atoms with Gasteiger partial charge in [-0.1, -0.05) is 19.9 Å².